The Hall–Kier alpha value is -2.51. The van der Waals surface area contributed by atoms with Gasteiger partial charge in [0.2, 0.25) is 0 Å². The van der Waals surface area contributed by atoms with Gasteiger partial charge in [-0.15, -0.1) is 0 Å². The maximum Gasteiger partial charge on any atom is 0.471 e. The number of alkyl halides is 3. The number of carboxylic acids is 1. The molecule has 0 aliphatic heterocycles. The van der Waals surface area contributed by atoms with E-state index >= 15 is 0 Å². The number of H-pyrrole nitrogens is 1. The van der Waals surface area contributed by atoms with Crippen molar-refractivity contribution >= 4 is 28.5 Å². The van der Waals surface area contributed by atoms with E-state index in [0.29, 0.717) is 10.9 Å². The standard InChI is InChI=1S/C11H7F3N2O3/c12-11(13,14)10(19)16-5-1-2-6-7(9(17)18)4-15-8(6)3-5/h1-4,15H,(H,16,19)(H,17,18). The number of carboxylic acid groups (broad SMARTS) is 1. The third-order valence-corrected chi connectivity index (χ3v) is 2.43. The SMILES string of the molecule is O=C(O)c1c[nH]c2cc(NC(=O)C(F)(F)F)ccc12. The van der Waals surface area contributed by atoms with Crippen LogP contribution in [-0.4, -0.2) is 28.1 Å². The van der Waals surface area contributed by atoms with E-state index in [9.17, 15) is 22.8 Å². The first-order valence-electron chi connectivity index (χ1n) is 5.01. The van der Waals surface area contributed by atoms with Gasteiger partial charge >= 0.3 is 18.1 Å². The summed E-state index contributed by atoms with van der Waals surface area (Å²) in [6.07, 6.45) is -3.75. The molecule has 0 bridgehead atoms. The topological polar surface area (TPSA) is 82.2 Å². The molecule has 0 atom stereocenters. The Balaban J connectivity index is 2.33. The van der Waals surface area contributed by atoms with Crippen LogP contribution < -0.4 is 5.32 Å². The summed E-state index contributed by atoms with van der Waals surface area (Å²) in [6.45, 7) is 0. The molecule has 1 heterocycles. The van der Waals surface area contributed by atoms with Gasteiger partial charge in [-0.3, -0.25) is 4.79 Å². The fourth-order valence-electron chi connectivity index (χ4n) is 1.58. The van der Waals surface area contributed by atoms with Crippen molar-refractivity contribution in [2.45, 2.75) is 6.18 Å². The van der Waals surface area contributed by atoms with Crippen LogP contribution in [0.1, 0.15) is 10.4 Å². The molecule has 19 heavy (non-hydrogen) atoms. The lowest BCUT2D eigenvalue weighted by Gasteiger charge is -2.07. The first-order chi connectivity index (χ1) is 8.79. The fourth-order valence-corrected chi connectivity index (χ4v) is 1.58. The van der Waals surface area contributed by atoms with Gasteiger partial charge in [-0.05, 0) is 18.2 Å². The predicted molar refractivity (Wildman–Crippen MR) is 59.9 cm³/mol. The minimum absolute atomic E-state index is 0.00342. The molecule has 100 valence electrons. The Morgan fingerprint density at radius 2 is 1.95 bits per heavy atom. The molecule has 2 rings (SSSR count). The van der Waals surface area contributed by atoms with Crippen LogP contribution in [-0.2, 0) is 4.79 Å². The van der Waals surface area contributed by atoms with Gasteiger partial charge in [0.25, 0.3) is 0 Å². The monoisotopic (exact) mass is 272 g/mol. The van der Waals surface area contributed by atoms with Crippen molar-refractivity contribution in [1.29, 1.82) is 0 Å². The van der Waals surface area contributed by atoms with Crippen LogP contribution in [0.4, 0.5) is 18.9 Å². The van der Waals surface area contributed by atoms with Gasteiger partial charge in [0, 0.05) is 22.8 Å². The highest BCUT2D eigenvalue weighted by atomic mass is 19.4. The van der Waals surface area contributed by atoms with Crippen LogP contribution in [0.2, 0.25) is 0 Å². The Morgan fingerprint density at radius 1 is 1.26 bits per heavy atom. The number of nitrogens with one attached hydrogen (secondary N) is 2. The van der Waals surface area contributed by atoms with E-state index in [2.05, 4.69) is 4.98 Å². The van der Waals surface area contributed by atoms with Crippen LogP contribution in [0, 0.1) is 0 Å². The number of aromatic nitrogens is 1. The Bertz CT molecular complexity index is 661. The molecule has 0 spiro atoms. The van der Waals surface area contributed by atoms with Crippen LogP contribution >= 0.6 is 0 Å². The van der Waals surface area contributed by atoms with Crippen molar-refractivity contribution in [1.82, 2.24) is 4.98 Å². The Labute approximate surface area is 104 Å². The fraction of sp³-hybridized carbons (Fsp3) is 0.0909. The Morgan fingerprint density at radius 3 is 2.53 bits per heavy atom. The van der Waals surface area contributed by atoms with Crippen molar-refractivity contribution < 1.29 is 27.9 Å². The number of carbonyl (C=O) groups is 2. The molecule has 0 aliphatic carbocycles. The molecule has 1 amide bonds. The van der Waals surface area contributed by atoms with Crippen molar-refractivity contribution in [2.24, 2.45) is 0 Å². The summed E-state index contributed by atoms with van der Waals surface area (Å²) in [5.74, 6) is -3.24. The zero-order valence-electron chi connectivity index (χ0n) is 9.21. The number of benzene rings is 1. The van der Waals surface area contributed by atoms with Crippen LogP contribution in [0.25, 0.3) is 10.9 Å². The largest absolute Gasteiger partial charge is 0.478 e. The highest BCUT2D eigenvalue weighted by Crippen LogP contribution is 2.24. The molecule has 2 aromatic rings. The number of fused-ring (bicyclic) bond motifs is 1. The van der Waals surface area contributed by atoms with E-state index in [1.807, 2.05) is 0 Å². The van der Waals surface area contributed by atoms with E-state index in [1.54, 1.807) is 5.32 Å². The lowest BCUT2D eigenvalue weighted by molar-refractivity contribution is -0.167. The smallest absolute Gasteiger partial charge is 0.471 e. The van der Waals surface area contributed by atoms with Crippen LogP contribution in [0.15, 0.2) is 24.4 Å². The minimum atomic E-state index is -4.98. The van der Waals surface area contributed by atoms with Gasteiger partial charge in [0.1, 0.15) is 0 Å². The van der Waals surface area contributed by atoms with Gasteiger partial charge in [-0.2, -0.15) is 13.2 Å². The van der Waals surface area contributed by atoms with Crippen molar-refractivity contribution in [3.8, 4) is 0 Å². The van der Waals surface area contributed by atoms with Crippen LogP contribution in [0.5, 0.6) is 0 Å². The van der Waals surface area contributed by atoms with E-state index in [-0.39, 0.29) is 11.3 Å². The number of carbonyl (C=O) groups excluding carboxylic acids is 1. The molecule has 0 aliphatic rings. The van der Waals surface area contributed by atoms with E-state index < -0.39 is 18.1 Å². The van der Waals surface area contributed by atoms with E-state index in [0.717, 1.165) is 0 Å². The molecule has 8 heteroatoms. The summed E-state index contributed by atoms with van der Waals surface area (Å²) >= 11 is 0. The zero-order valence-corrected chi connectivity index (χ0v) is 9.21. The van der Waals surface area contributed by atoms with Crippen molar-refractivity contribution in [3.05, 3.63) is 30.0 Å². The van der Waals surface area contributed by atoms with Crippen LogP contribution in [0.3, 0.4) is 0 Å². The van der Waals surface area contributed by atoms with Gasteiger partial charge < -0.3 is 15.4 Å². The summed E-state index contributed by atoms with van der Waals surface area (Å²) in [5.41, 5.74) is 0.245. The maximum absolute atomic E-state index is 12.1. The number of amides is 1. The molecular weight excluding hydrogens is 265 g/mol. The molecule has 0 radical (unpaired) electrons. The Kier molecular flexibility index (Phi) is 2.93. The van der Waals surface area contributed by atoms with Gasteiger partial charge in [0.05, 0.1) is 5.56 Å². The lowest BCUT2D eigenvalue weighted by atomic mass is 10.1. The second-order valence-electron chi connectivity index (χ2n) is 3.72. The number of rotatable bonds is 2. The highest BCUT2D eigenvalue weighted by molar-refractivity contribution is 6.04. The summed E-state index contributed by atoms with van der Waals surface area (Å²) < 4.78 is 36.2. The number of hydrogen-bond acceptors (Lipinski definition) is 2. The number of hydrogen-bond donors (Lipinski definition) is 3. The number of anilines is 1. The van der Waals surface area contributed by atoms with E-state index in [1.165, 1.54) is 24.4 Å². The minimum Gasteiger partial charge on any atom is -0.478 e. The number of halogens is 3. The third kappa shape index (κ3) is 2.51. The van der Waals surface area contributed by atoms with E-state index in [4.69, 9.17) is 5.11 Å². The molecule has 1 aromatic heterocycles. The van der Waals surface area contributed by atoms with Crippen molar-refractivity contribution in [3.63, 3.8) is 0 Å². The highest BCUT2D eigenvalue weighted by Gasteiger charge is 2.38. The lowest BCUT2D eigenvalue weighted by Crippen LogP contribution is -2.29. The summed E-state index contributed by atoms with van der Waals surface area (Å²) in [5, 5.41) is 10.9. The second kappa shape index (κ2) is 4.30. The first-order valence-corrected chi connectivity index (χ1v) is 5.01. The first kappa shape index (κ1) is 12.9. The molecule has 0 saturated carbocycles. The molecular formula is C11H7F3N2O3. The van der Waals surface area contributed by atoms with Crippen molar-refractivity contribution in [2.75, 3.05) is 5.32 Å². The predicted octanol–water partition coefficient (Wildman–Crippen LogP) is 2.37. The van der Waals surface area contributed by atoms with Gasteiger partial charge in [0.15, 0.2) is 0 Å². The zero-order chi connectivity index (χ0) is 14.2. The van der Waals surface area contributed by atoms with Gasteiger partial charge in [-0.1, -0.05) is 0 Å². The summed E-state index contributed by atoms with van der Waals surface area (Å²) in [4.78, 5) is 24.2. The summed E-state index contributed by atoms with van der Waals surface area (Å²) in [7, 11) is 0. The van der Waals surface area contributed by atoms with Gasteiger partial charge in [-0.25, -0.2) is 4.79 Å². The molecule has 0 fully saturated rings. The maximum atomic E-state index is 12.1. The molecule has 0 saturated heterocycles. The quantitative estimate of drug-likeness (QED) is 0.784. The summed E-state index contributed by atoms with van der Waals surface area (Å²) in [6, 6.07) is 3.75. The average molecular weight is 272 g/mol. The normalized spacial score (nSPS) is 11.5. The molecule has 0 unspecified atom stereocenters. The number of aromatic amines is 1. The molecule has 5 nitrogen and oxygen atoms in total. The second-order valence-corrected chi connectivity index (χ2v) is 3.72. The molecule has 1 aromatic carbocycles. The molecule has 3 N–H and O–H groups in total. The third-order valence-electron chi connectivity index (χ3n) is 2.43. The number of aromatic carboxylic acids is 1. The average Bonchev–Trinajstić information content (AvgIpc) is 2.70.